The molecule has 18 heavy (non-hydrogen) atoms. The lowest BCUT2D eigenvalue weighted by Crippen LogP contribution is -2.17. The number of halogens is 3. The van der Waals surface area contributed by atoms with Crippen LogP contribution in [-0.2, 0) is 16.5 Å². The molecule has 0 amide bonds. The molecular weight excluding hydrogens is 247 g/mol. The second kappa shape index (κ2) is 4.82. The van der Waals surface area contributed by atoms with Crippen LogP contribution in [0, 0.1) is 0 Å². The van der Waals surface area contributed by atoms with Crippen molar-refractivity contribution in [3.8, 4) is 5.75 Å². The lowest BCUT2D eigenvalue weighted by molar-refractivity contribution is -0.137. The van der Waals surface area contributed by atoms with E-state index in [1.807, 2.05) is 0 Å². The molecule has 3 nitrogen and oxygen atoms in total. The molecule has 0 saturated heterocycles. The summed E-state index contributed by atoms with van der Waals surface area (Å²) in [7, 11) is 1.34. The Labute approximate surface area is 102 Å². The molecule has 0 N–H and O–H groups in total. The van der Waals surface area contributed by atoms with Gasteiger partial charge in [0.15, 0.2) is 0 Å². The standard InChI is InChI=1S/C12H12F3NO2/c1-11(2,16-7-17)9-6-8(12(13,14)15)4-5-10(9)18-3/h4-6H,1-3H3. The molecule has 0 aliphatic rings. The van der Waals surface area contributed by atoms with Gasteiger partial charge >= 0.3 is 6.18 Å². The quantitative estimate of drug-likeness (QED) is 0.617. The Morgan fingerprint density at radius 3 is 2.33 bits per heavy atom. The summed E-state index contributed by atoms with van der Waals surface area (Å²) in [5.74, 6) is 0.243. The van der Waals surface area contributed by atoms with Gasteiger partial charge < -0.3 is 4.74 Å². The van der Waals surface area contributed by atoms with Crippen molar-refractivity contribution in [3.05, 3.63) is 29.3 Å². The lowest BCUT2D eigenvalue weighted by Gasteiger charge is -2.22. The second-order valence-corrected chi connectivity index (χ2v) is 4.17. The minimum atomic E-state index is -4.46. The summed E-state index contributed by atoms with van der Waals surface area (Å²) in [6, 6.07) is 3.06. The summed E-state index contributed by atoms with van der Waals surface area (Å²) in [4.78, 5) is 13.8. The molecule has 6 heteroatoms. The van der Waals surface area contributed by atoms with E-state index in [4.69, 9.17) is 4.74 Å². The normalized spacial score (nSPS) is 11.9. The van der Waals surface area contributed by atoms with Crippen molar-refractivity contribution in [1.82, 2.24) is 0 Å². The van der Waals surface area contributed by atoms with Crippen LogP contribution in [0.3, 0.4) is 0 Å². The molecule has 0 spiro atoms. The van der Waals surface area contributed by atoms with Crippen LogP contribution in [0.4, 0.5) is 13.2 Å². The topological polar surface area (TPSA) is 38.7 Å². The third-order valence-corrected chi connectivity index (χ3v) is 2.51. The number of aliphatic imine (C=N–C) groups is 1. The molecule has 0 unspecified atom stereocenters. The maximum Gasteiger partial charge on any atom is 0.416 e. The fraction of sp³-hybridized carbons (Fsp3) is 0.417. The van der Waals surface area contributed by atoms with E-state index in [2.05, 4.69) is 4.99 Å². The Morgan fingerprint density at radius 2 is 1.89 bits per heavy atom. The first-order valence-electron chi connectivity index (χ1n) is 5.07. The summed E-state index contributed by atoms with van der Waals surface area (Å²) >= 11 is 0. The molecule has 0 atom stereocenters. The van der Waals surface area contributed by atoms with E-state index < -0.39 is 17.3 Å². The highest BCUT2D eigenvalue weighted by molar-refractivity contribution is 5.45. The van der Waals surface area contributed by atoms with Gasteiger partial charge in [-0.1, -0.05) is 0 Å². The minimum absolute atomic E-state index is 0.183. The average Bonchev–Trinajstić information content (AvgIpc) is 2.27. The molecule has 0 radical (unpaired) electrons. The Morgan fingerprint density at radius 1 is 1.28 bits per heavy atom. The first-order chi connectivity index (χ1) is 8.22. The number of benzene rings is 1. The van der Waals surface area contributed by atoms with Gasteiger partial charge in [0.2, 0.25) is 6.08 Å². The molecule has 1 rings (SSSR count). The van der Waals surface area contributed by atoms with Crippen molar-refractivity contribution in [2.75, 3.05) is 7.11 Å². The van der Waals surface area contributed by atoms with Crippen LogP contribution < -0.4 is 4.74 Å². The predicted molar refractivity (Wildman–Crippen MR) is 59.1 cm³/mol. The molecular formula is C12H12F3NO2. The van der Waals surface area contributed by atoms with Gasteiger partial charge in [0.1, 0.15) is 5.75 Å². The monoisotopic (exact) mass is 259 g/mol. The Bertz CT molecular complexity index is 489. The molecule has 1 aromatic rings. The van der Waals surface area contributed by atoms with Crippen molar-refractivity contribution >= 4 is 6.08 Å². The molecule has 98 valence electrons. The Kier molecular flexibility index (Phi) is 3.82. The van der Waals surface area contributed by atoms with E-state index in [0.29, 0.717) is 0 Å². The molecule has 1 aromatic carbocycles. The van der Waals surface area contributed by atoms with Crippen LogP contribution in [0.25, 0.3) is 0 Å². The van der Waals surface area contributed by atoms with Gasteiger partial charge in [-0.15, -0.1) is 0 Å². The fourth-order valence-electron chi connectivity index (χ4n) is 1.54. The lowest BCUT2D eigenvalue weighted by atomic mass is 9.92. The minimum Gasteiger partial charge on any atom is -0.496 e. The zero-order valence-corrected chi connectivity index (χ0v) is 10.1. The zero-order chi connectivity index (χ0) is 14.0. The molecule has 0 aromatic heterocycles. The second-order valence-electron chi connectivity index (χ2n) is 4.17. The smallest absolute Gasteiger partial charge is 0.416 e. The fourth-order valence-corrected chi connectivity index (χ4v) is 1.54. The molecule has 0 bridgehead atoms. The number of nitrogens with zero attached hydrogens (tertiary/aromatic N) is 1. The van der Waals surface area contributed by atoms with E-state index in [9.17, 15) is 18.0 Å². The van der Waals surface area contributed by atoms with Crippen molar-refractivity contribution in [1.29, 1.82) is 0 Å². The summed E-state index contributed by atoms with van der Waals surface area (Å²) in [5.41, 5.74) is -1.76. The van der Waals surface area contributed by atoms with Gasteiger partial charge in [-0.3, -0.25) is 0 Å². The van der Waals surface area contributed by atoms with Crippen LogP contribution in [0.5, 0.6) is 5.75 Å². The SMILES string of the molecule is COc1ccc(C(F)(F)F)cc1C(C)(C)N=C=O. The van der Waals surface area contributed by atoms with Crippen molar-refractivity contribution < 1.29 is 22.7 Å². The van der Waals surface area contributed by atoms with Gasteiger partial charge in [0.25, 0.3) is 0 Å². The summed E-state index contributed by atoms with van der Waals surface area (Å²) in [6.07, 6.45) is -3.10. The largest absolute Gasteiger partial charge is 0.496 e. The molecule has 0 aliphatic carbocycles. The Hall–Kier alpha value is -1.81. The highest BCUT2D eigenvalue weighted by Crippen LogP contribution is 2.38. The van der Waals surface area contributed by atoms with Crippen molar-refractivity contribution in [2.24, 2.45) is 4.99 Å². The number of carbonyl (C=O) groups excluding carboxylic acids is 1. The van der Waals surface area contributed by atoms with Crippen LogP contribution in [0.2, 0.25) is 0 Å². The van der Waals surface area contributed by atoms with Gasteiger partial charge in [0, 0.05) is 5.56 Å². The highest BCUT2D eigenvalue weighted by Gasteiger charge is 2.33. The van der Waals surface area contributed by atoms with E-state index in [0.717, 1.165) is 12.1 Å². The summed E-state index contributed by atoms with van der Waals surface area (Å²) < 4.78 is 42.9. The number of hydrogen-bond donors (Lipinski definition) is 0. The third kappa shape index (κ3) is 2.90. The van der Waals surface area contributed by atoms with Crippen LogP contribution in [0.1, 0.15) is 25.0 Å². The first kappa shape index (κ1) is 14.3. The third-order valence-electron chi connectivity index (χ3n) is 2.51. The van der Waals surface area contributed by atoms with Crippen LogP contribution in [-0.4, -0.2) is 13.2 Å². The number of isocyanates is 1. The number of hydrogen-bond acceptors (Lipinski definition) is 3. The van der Waals surface area contributed by atoms with Crippen LogP contribution in [0.15, 0.2) is 23.2 Å². The number of rotatable bonds is 3. The molecule has 0 heterocycles. The zero-order valence-electron chi connectivity index (χ0n) is 10.1. The highest BCUT2D eigenvalue weighted by atomic mass is 19.4. The number of alkyl halides is 3. The maximum atomic E-state index is 12.6. The molecule has 0 fully saturated rings. The van der Waals surface area contributed by atoms with E-state index in [1.165, 1.54) is 33.1 Å². The van der Waals surface area contributed by atoms with Crippen molar-refractivity contribution in [2.45, 2.75) is 25.6 Å². The average molecular weight is 259 g/mol. The van der Waals surface area contributed by atoms with E-state index in [-0.39, 0.29) is 11.3 Å². The van der Waals surface area contributed by atoms with E-state index >= 15 is 0 Å². The molecule has 0 saturated carbocycles. The van der Waals surface area contributed by atoms with Crippen LogP contribution >= 0.6 is 0 Å². The van der Waals surface area contributed by atoms with Gasteiger partial charge in [-0.2, -0.15) is 18.2 Å². The molecule has 0 aliphatic heterocycles. The number of ether oxygens (including phenoxy) is 1. The van der Waals surface area contributed by atoms with Gasteiger partial charge in [0.05, 0.1) is 18.2 Å². The Balaban J connectivity index is 3.44. The predicted octanol–water partition coefficient (Wildman–Crippen LogP) is 3.28. The summed E-state index contributed by atoms with van der Waals surface area (Å²) in [6.45, 7) is 3.02. The summed E-state index contributed by atoms with van der Waals surface area (Å²) in [5, 5.41) is 0. The number of methoxy groups -OCH3 is 1. The van der Waals surface area contributed by atoms with Gasteiger partial charge in [-0.05, 0) is 32.0 Å². The maximum absolute atomic E-state index is 12.6. The van der Waals surface area contributed by atoms with E-state index in [1.54, 1.807) is 0 Å². The van der Waals surface area contributed by atoms with Crippen molar-refractivity contribution in [3.63, 3.8) is 0 Å². The first-order valence-corrected chi connectivity index (χ1v) is 5.07. The van der Waals surface area contributed by atoms with Gasteiger partial charge in [-0.25, -0.2) is 4.79 Å².